The average Bonchev–Trinajstić information content (AvgIpc) is 2.52. The Kier molecular flexibility index (Phi) is 6.14. The quantitative estimate of drug-likeness (QED) is 0.824. The minimum atomic E-state index is -3.13. The lowest BCUT2D eigenvalue weighted by atomic mass is 9.98. The third-order valence-electron chi connectivity index (χ3n) is 4.05. The maximum Gasteiger partial charge on any atom is 0.214 e. The van der Waals surface area contributed by atoms with E-state index in [-0.39, 0.29) is 5.75 Å². The molecule has 21 heavy (non-hydrogen) atoms. The van der Waals surface area contributed by atoms with Crippen molar-refractivity contribution in [1.29, 1.82) is 0 Å². The zero-order valence-corrected chi connectivity index (χ0v) is 13.5. The Labute approximate surface area is 127 Å². The fourth-order valence-electron chi connectivity index (χ4n) is 2.67. The highest BCUT2D eigenvalue weighted by Crippen LogP contribution is 2.19. The van der Waals surface area contributed by atoms with Crippen LogP contribution in [0.25, 0.3) is 0 Å². The molecule has 1 aliphatic rings. The van der Waals surface area contributed by atoms with Crippen molar-refractivity contribution in [3.8, 4) is 0 Å². The Balaban J connectivity index is 1.81. The molecule has 0 unspecified atom stereocenters. The third-order valence-corrected chi connectivity index (χ3v) is 5.92. The van der Waals surface area contributed by atoms with E-state index in [1.165, 1.54) is 0 Å². The van der Waals surface area contributed by atoms with Gasteiger partial charge in [0.05, 0.1) is 5.75 Å². The summed E-state index contributed by atoms with van der Waals surface area (Å²) in [4.78, 5) is 3.95. The number of hydrogen-bond acceptors (Lipinski definition) is 4. The molecule has 2 heterocycles. The molecule has 0 radical (unpaired) electrons. The van der Waals surface area contributed by atoms with E-state index in [0.717, 1.165) is 31.5 Å². The first-order valence-electron chi connectivity index (χ1n) is 7.69. The van der Waals surface area contributed by atoms with E-state index in [9.17, 15) is 8.42 Å². The summed E-state index contributed by atoms with van der Waals surface area (Å²) in [5, 5.41) is 3.34. The van der Waals surface area contributed by atoms with E-state index < -0.39 is 10.0 Å². The van der Waals surface area contributed by atoms with Crippen LogP contribution in [0.15, 0.2) is 24.5 Å². The first kappa shape index (κ1) is 16.4. The predicted molar refractivity (Wildman–Crippen MR) is 84.6 cm³/mol. The number of pyridine rings is 1. The van der Waals surface area contributed by atoms with Gasteiger partial charge in [-0.15, -0.1) is 0 Å². The molecule has 6 heteroatoms. The minimum absolute atomic E-state index is 0.189. The van der Waals surface area contributed by atoms with Crippen molar-refractivity contribution >= 4 is 10.0 Å². The molecule has 0 saturated carbocycles. The van der Waals surface area contributed by atoms with E-state index in [1.807, 2.05) is 12.1 Å². The number of nitrogens with one attached hydrogen (secondary N) is 1. The summed E-state index contributed by atoms with van der Waals surface area (Å²) in [5.41, 5.74) is 1.02. The molecular formula is C15H25N3O2S. The lowest BCUT2D eigenvalue weighted by Crippen LogP contribution is -2.42. The number of aryl methyl sites for hydroxylation is 1. The van der Waals surface area contributed by atoms with Gasteiger partial charge in [-0.3, -0.25) is 4.98 Å². The number of rotatable bonds is 7. The van der Waals surface area contributed by atoms with E-state index in [1.54, 1.807) is 16.7 Å². The van der Waals surface area contributed by atoms with Crippen LogP contribution < -0.4 is 5.32 Å². The van der Waals surface area contributed by atoms with Gasteiger partial charge in [0.25, 0.3) is 0 Å². The van der Waals surface area contributed by atoms with Gasteiger partial charge in [-0.1, -0.05) is 6.92 Å². The van der Waals surface area contributed by atoms with Gasteiger partial charge in [0, 0.05) is 25.5 Å². The molecule has 118 valence electrons. The van der Waals surface area contributed by atoms with Crippen molar-refractivity contribution in [2.24, 2.45) is 5.92 Å². The average molecular weight is 311 g/mol. The predicted octanol–water partition coefficient (Wildman–Crippen LogP) is 1.28. The van der Waals surface area contributed by atoms with Crippen LogP contribution in [-0.4, -0.2) is 49.6 Å². The summed E-state index contributed by atoms with van der Waals surface area (Å²) in [6.45, 7) is 5.40. The maximum atomic E-state index is 12.4. The Bertz CT molecular complexity index is 511. The van der Waals surface area contributed by atoms with Gasteiger partial charge in [0.2, 0.25) is 10.0 Å². The second-order valence-electron chi connectivity index (χ2n) is 5.57. The summed E-state index contributed by atoms with van der Waals surface area (Å²) < 4.78 is 26.4. The summed E-state index contributed by atoms with van der Waals surface area (Å²) in [6, 6.07) is 3.75. The lowest BCUT2D eigenvalue weighted by Gasteiger charge is -2.31. The second kappa shape index (κ2) is 7.87. The Morgan fingerprint density at radius 2 is 1.95 bits per heavy atom. The summed E-state index contributed by atoms with van der Waals surface area (Å²) in [5.74, 6) is 0.797. The molecule has 1 aromatic heterocycles. The summed E-state index contributed by atoms with van der Waals surface area (Å²) in [6.07, 6.45) is 5.88. The zero-order valence-electron chi connectivity index (χ0n) is 12.7. The highest BCUT2D eigenvalue weighted by atomic mass is 32.2. The molecule has 1 N–H and O–H groups in total. The molecule has 5 nitrogen and oxygen atoms in total. The number of aromatic nitrogens is 1. The van der Waals surface area contributed by atoms with Gasteiger partial charge in [-0.25, -0.2) is 12.7 Å². The van der Waals surface area contributed by atoms with Crippen molar-refractivity contribution in [3.05, 3.63) is 30.1 Å². The van der Waals surface area contributed by atoms with Gasteiger partial charge >= 0.3 is 0 Å². The van der Waals surface area contributed by atoms with Crippen molar-refractivity contribution in [2.45, 2.75) is 26.2 Å². The molecule has 0 bridgehead atoms. The smallest absolute Gasteiger partial charge is 0.214 e. The van der Waals surface area contributed by atoms with Crippen LogP contribution in [0, 0.1) is 5.92 Å². The number of nitrogens with zero attached hydrogens (tertiary/aromatic N) is 2. The van der Waals surface area contributed by atoms with Crippen LogP contribution in [0.2, 0.25) is 0 Å². The molecule has 0 spiro atoms. The van der Waals surface area contributed by atoms with Crippen LogP contribution in [0.5, 0.6) is 0 Å². The maximum absolute atomic E-state index is 12.4. The monoisotopic (exact) mass is 311 g/mol. The van der Waals surface area contributed by atoms with E-state index in [4.69, 9.17) is 0 Å². The summed E-state index contributed by atoms with van der Waals surface area (Å²) >= 11 is 0. The molecule has 0 atom stereocenters. The largest absolute Gasteiger partial charge is 0.317 e. The second-order valence-corrected chi connectivity index (χ2v) is 7.66. The number of hydrogen-bond donors (Lipinski definition) is 1. The minimum Gasteiger partial charge on any atom is -0.317 e. The first-order chi connectivity index (χ1) is 10.1. The van der Waals surface area contributed by atoms with Crippen LogP contribution in [0.4, 0.5) is 0 Å². The van der Waals surface area contributed by atoms with E-state index in [0.29, 0.717) is 25.4 Å². The number of piperidine rings is 1. The van der Waals surface area contributed by atoms with Gasteiger partial charge in [-0.2, -0.15) is 0 Å². The van der Waals surface area contributed by atoms with Gasteiger partial charge in [0.1, 0.15) is 0 Å². The van der Waals surface area contributed by atoms with Gasteiger partial charge < -0.3 is 5.32 Å². The fourth-order valence-corrected chi connectivity index (χ4v) is 4.18. The molecule has 1 aromatic rings. The molecule has 1 saturated heterocycles. The molecule has 0 amide bonds. The Morgan fingerprint density at radius 3 is 2.57 bits per heavy atom. The standard InChI is InChI=1S/C15H25N3O2S/c1-2-16-13-15-5-10-18(11-6-15)21(19,20)12-7-14-3-8-17-9-4-14/h3-4,8-9,15-16H,2,5-7,10-13H2,1H3. The summed E-state index contributed by atoms with van der Waals surface area (Å²) in [7, 11) is -3.13. The Hall–Kier alpha value is -0.980. The molecule has 0 aliphatic carbocycles. The van der Waals surface area contributed by atoms with Crippen molar-refractivity contribution in [1.82, 2.24) is 14.6 Å². The zero-order chi connectivity index (χ0) is 15.1. The Morgan fingerprint density at radius 1 is 1.29 bits per heavy atom. The van der Waals surface area contributed by atoms with Gasteiger partial charge in [-0.05, 0) is 56.0 Å². The highest BCUT2D eigenvalue weighted by Gasteiger charge is 2.27. The third kappa shape index (κ3) is 5.05. The highest BCUT2D eigenvalue weighted by molar-refractivity contribution is 7.89. The van der Waals surface area contributed by atoms with Crippen LogP contribution in [0.1, 0.15) is 25.3 Å². The van der Waals surface area contributed by atoms with Crippen molar-refractivity contribution < 1.29 is 8.42 Å². The van der Waals surface area contributed by atoms with Crippen LogP contribution in [0.3, 0.4) is 0 Å². The fraction of sp³-hybridized carbons (Fsp3) is 0.667. The molecular weight excluding hydrogens is 286 g/mol. The first-order valence-corrected chi connectivity index (χ1v) is 9.30. The van der Waals surface area contributed by atoms with Crippen LogP contribution in [-0.2, 0) is 16.4 Å². The van der Waals surface area contributed by atoms with E-state index >= 15 is 0 Å². The SMILES string of the molecule is CCNCC1CCN(S(=O)(=O)CCc2ccncc2)CC1. The lowest BCUT2D eigenvalue weighted by molar-refractivity contribution is 0.268. The number of sulfonamides is 1. The van der Waals surface area contributed by atoms with E-state index in [2.05, 4.69) is 17.2 Å². The van der Waals surface area contributed by atoms with Crippen molar-refractivity contribution in [2.75, 3.05) is 31.9 Å². The molecule has 2 rings (SSSR count). The van der Waals surface area contributed by atoms with Gasteiger partial charge in [0.15, 0.2) is 0 Å². The topological polar surface area (TPSA) is 62.3 Å². The molecule has 1 aliphatic heterocycles. The van der Waals surface area contributed by atoms with Crippen molar-refractivity contribution in [3.63, 3.8) is 0 Å². The normalized spacial score (nSPS) is 18.0. The molecule has 1 fully saturated rings. The molecule has 0 aromatic carbocycles. The van der Waals surface area contributed by atoms with Crippen LogP contribution >= 0.6 is 0 Å².